The molecule has 1 aliphatic rings. The van der Waals surface area contributed by atoms with Crippen molar-refractivity contribution in [2.75, 3.05) is 18.0 Å². The monoisotopic (exact) mass is 441 g/mol. The number of piperidine rings is 1. The van der Waals surface area contributed by atoms with E-state index in [-0.39, 0.29) is 0 Å². The van der Waals surface area contributed by atoms with Crippen LogP contribution in [-0.2, 0) is 4.74 Å². The zero-order valence-corrected chi connectivity index (χ0v) is 18.2. The number of pyridine rings is 1. The minimum atomic E-state index is -2.72. The quantitative estimate of drug-likeness (QED) is 0.685. The minimum Gasteiger partial charge on any atom is -0.444 e. The topological polar surface area (TPSA) is 72.3 Å². The molecular weight excluding hydrogens is 416 g/mol. The number of anilines is 1. The van der Waals surface area contributed by atoms with Crippen LogP contribution in [0, 0.1) is 0 Å². The molecule has 3 heterocycles. The Morgan fingerprint density at radius 1 is 1.37 bits per heavy atom. The van der Waals surface area contributed by atoms with Crippen molar-refractivity contribution in [1.82, 2.24) is 20.1 Å². The molecule has 1 amide bonds. The fourth-order valence-corrected chi connectivity index (χ4v) is 3.74. The number of hydrogen-bond acceptors (Lipinski definition) is 5. The van der Waals surface area contributed by atoms with Gasteiger partial charge in [-0.1, -0.05) is 11.6 Å². The maximum absolute atomic E-state index is 13.0. The highest BCUT2D eigenvalue weighted by molar-refractivity contribution is 6.29. The number of carbonyl (C=O) groups is 1. The molecule has 3 rings (SSSR count). The number of halogens is 3. The Kier molecular flexibility index (Phi) is 6.21. The first-order valence-electron chi connectivity index (χ1n) is 9.70. The summed E-state index contributed by atoms with van der Waals surface area (Å²) in [5, 5.41) is 6.99. The van der Waals surface area contributed by atoms with Gasteiger partial charge in [0.1, 0.15) is 10.8 Å². The molecule has 2 aromatic heterocycles. The van der Waals surface area contributed by atoms with Crippen LogP contribution in [0.5, 0.6) is 0 Å². The third-order valence-electron chi connectivity index (χ3n) is 4.80. The van der Waals surface area contributed by atoms with E-state index < -0.39 is 23.8 Å². The Morgan fingerprint density at radius 2 is 2.10 bits per heavy atom. The maximum Gasteiger partial charge on any atom is 0.408 e. The Hall–Kier alpha value is -2.42. The fraction of sp³-hybridized carbons (Fsp3) is 0.550. The second-order valence-corrected chi connectivity index (χ2v) is 9.11. The number of rotatable bonds is 4. The number of amides is 1. The number of alkyl halides is 2. The standard InChI is InChI=1S/C20H26ClF2N5O2/c1-19(2,3)30-18(29)26-20(4)6-5-7-27(12-20)15-8-16(21)24-10-14(15)13-9-25-28(11-13)17(22)23/h8-11,17H,5-7,12H2,1-4H3,(H,26,29)/t20-/m0/s1. The molecule has 1 fully saturated rings. The molecule has 0 radical (unpaired) electrons. The predicted molar refractivity (Wildman–Crippen MR) is 111 cm³/mol. The average Bonchev–Trinajstić information content (AvgIpc) is 3.09. The summed E-state index contributed by atoms with van der Waals surface area (Å²) in [6.07, 6.45) is 5.34. The molecule has 7 nitrogen and oxygen atoms in total. The molecule has 30 heavy (non-hydrogen) atoms. The van der Waals surface area contributed by atoms with E-state index in [9.17, 15) is 13.6 Å². The van der Waals surface area contributed by atoms with Gasteiger partial charge in [-0.15, -0.1) is 0 Å². The molecule has 1 N–H and O–H groups in total. The molecule has 0 aliphatic carbocycles. The van der Waals surface area contributed by atoms with Crippen molar-refractivity contribution in [1.29, 1.82) is 0 Å². The summed E-state index contributed by atoms with van der Waals surface area (Å²) in [6.45, 7) is 5.90. The number of nitrogens with zero attached hydrogens (tertiary/aromatic N) is 4. The van der Waals surface area contributed by atoms with Crippen molar-refractivity contribution in [3.05, 3.63) is 29.8 Å². The molecule has 0 unspecified atom stereocenters. The highest BCUT2D eigenvalue weighted by atomic mass is 35.5. The van der Waals surface area contributed by atoms with Crippen LogP contribution in [0.1, 0.15) is 47.1 Å². The lowest BCUT2D eigenvalue weighted by Gasteiger charge is -2.42. The molecule has 1 atom stereocenters. The molecule has 2 aromatic rings. The van der Waals surface area contributed by atoms with E-state index in [1.807, 2.05) is 27.7 Å². The van der Waals surface area contributed by atoms with Gasteiger partial charge in [0, 0.05) is 42.3 Å². The minimum absolute atomic E-state index is 0.294. The Bertz CT molecular complexity index is 915. The third kappa shape index (κ3) is 5.38. The van der Waals surface area contributed by atoms with E-state index in [1.54, 1.807) is 12.3 Å². The van der Waals surface area contributed by atoms with Gasteiger partial charge in [-0.3, -0.25) is 0 Å². The number of ether oxygens (including phenoxy) is 1. The molecule has 1 saturated heterocycles. The van der Waals surface area contributed by atoms with Gasteiger partial charge in [-0.25, -0.2) is 14.5 Å². The Morgan fingerprint density at radius 3 is 2.73 bits per heavy atom. The summed E-state index contributed by atoms with van der Waals surface area (Å²) in [5.74, 6) is 0. The number of carbonyl (C=O) groups excluding carboxylic acids is 1. The summed E-state index contributed by atoms with van der Waals surface area (Å²) in [5.41, 5.74) is 0.794. The number of nitrogens with one attached hydrogen (secondary N) is 1. The first kappa shape index (κ1) is 22.3. The summed E-state index contributed by atoms with van der Waals surface area (Å²) < 4.78 is 31.9. The van der Waals surface area contributed by atoms with E-state index in [4.69, 9.17) is 16.3 Å². The number of hydrogen-bond donors (Lipinski definition) is 1. The van der Waals surface area contributed by atoms with Crippen molar-refractivity contribution < 1.29 is 18.3 Å². The third-order valence-corrected chi connectivity index (χ3v) is 5.01. The van der Waals surface area contributed by atoms with Crippen LogP contribution in [0.4, 0.5) is 19.3 Å². The van der Waals surface area contributed by atoms with Gasteiger partial charge in [0.05, 0.1) is 11.7 Å². The van der Waals surface area contributed by atoms with Gasteiger partial charge in [-0.05, 0) is 46.6 Å². The maximum atomic E-state index is 13.0. The van der Waals surface area contributed by atoms with E-state index in [0.29, 0.717) is 27.5 Å². The number of aromatic nitrogens is 3. The summed E-state index contributed by atoms with van der Waals surface area (Å²) in [7, 11) is 0. The largest absolute Gasteiger partial charge is 0.444 e. The summed E-state index contributed by atoms with van der Waals surface area (Å²) in [4.78, 5) is 18.5. The van der Waals surface area contributed by atoms with Crippen LogP contribution in [0.15, 0.2) is 24.7 Å². The molecule has 10 heteroatoms. The van der Waals surface area contributed by atoms with Crippen LogP contribution >= 0.6 is 11.6 Å². The first-order chi connectivity index (χ1) is 14.0. The summed E-state index contributed by atoms with van der Waals surface area (Å²) >= 11 is 6.14. The zero-order chi connectivity index (χ0) is 22.1. The van der Waals surface area contributed by atoms with Gasteiger partial charge < -0.3 is 15.0 Å². The van der Waals surface area contributed by atoms with Crippen LogP contribution in [0.25, 0.3) is 11.1 Å². The molecule has 0 saturated carbocycles. The van der Waals surface area contributed by atoms with Crippen molar-refractivity contribution in [2.45, 2.75) is 58.2 Å². The summed E-state index contributed by atoms with van der Waals surface area (Å²) in [6, 6.07) is 1.70. The molecular formula is C20H26ClF2N5O2. The molecule has 0 aromatic carbocycles. The molecule has 0 bridgehead atoms. The predicted octanol–water partition coefficient (Wildman–Crippen LogP) is 4.88. The second-order valence-electron chi connectivity index (χ2n) is 8.72. The van der Waals surface area contributed by atoms with Crippen LogP contribution in [0.3, 0.4) is 0 Å². The van der Waals surface area contributed by atoms with Crippen molar-refractivity contribution in [2.24, 2.45) is 0 Å². The lowest BCUT2D eigenvalue weighted by molar-refractivity contribution is 0.0454. The fourth-order valence-electron chi connectivity index (χ4n) is 3.59. The van der Waals surface area contributed by atoms with E-state index in [2.05, 4.69) is 20.3 Å². The molecule has 0 spiro atoms. The second kappa shape index (κ2) is 8.37. The van der Waals surface area contributed by atoms with Crippen molar-refractivity contribution in [3.8, 4) is 11.1 Å². The van der Waals surface area contributed by atoms with E-state index in [1.165, 1.54) is 12.4 Å². The lowest BCUT2D eigenvalue weighted by Crippen LogP contribution is -2.57. The molecule has 1 aliphatic heterocycles. The zero-order valence-electron chi connectivity index (χ0n) is 17.5. The van der Waals surface area contributed by atoms with Crippen LogP contribution in [0.2, 0.25) is 5.15 Å². The van der Waals surface area contributed by atoms with Crippen LogP contribution in [-0.4, -0.2) is 45.1 Å². The highest BCUT2D eigenvalue weighted by Gasteiger charge is 2.35. The van der Waals surface area contributed by atoms with Crippen molar-refractivity contribution in [3.63, 3.8) is 0 Å². The average molecular weight is 442 g/mol. The SMILES string of the molecule is CC(C)(C)OC(=O)N[C@@]1(C)CCCN(c2cc(Cl)ncc2-c2cnn(C(F)F)c2)C1. The number of alkyl carbamates (subject to hydrolysis) is 1. The van der Waals surface area contributed by atoms with Crippen molar-refractivity contribution >= 4 is 23.4 Å². The van der Waals surface area contributed by atoms with E-state index >= 15 is 0 Å². The highest BCUT2D eigenvalue weighted by Crippen LogP contribution is 2.35. The lowest BCUT2D eigenvalue weighted by atomic mass is 9.90. The Labute approximate surface area is 179 Å². The first-order valence-corrected chi connectivity index (χ1v) is 10.1. The van der Waals surface area contributed by atoms with Gasteiger partial charge in [-0.2, -0.15) is 13.9 Å². The van der Waals surface area contributed by atoms with Gasteiger partial charge in [0.2, 0.25) is 0 Å². The Balaban J connectivity index is 1.86. The van der Waals surface area contributed by atoms with Gasteiger partial charge in [0.25, 0.3) is 0 Å². The van der Waals surface area contributed by atoms with Gasteiger partial charge >= 0.3 is 12.6 Å². The van der Waals surface area contributed by atoms with E-state index in [0.717, 1.165) is 25.1 Å². The van der Waals surface area contributed by atoms with Crippen LogP contribution < -0.4 is 10.2 Å². The molecule has 164 valence electrons. The normalized spacial score (nSPS) is 19.8. The smallest absolute Gasteiger partial charge is 0.408 e. The van der Waals surface area contributed by atoms with Gasteiger partial charge in [0.15, 0.2) is 0 Å².